The highest BCUT2D eigenvalue weighted by molar-refractivity contribution is 7.10. The van der Waals surface area contributed by atoms with Gasteiger partial charge in [0.05, 0.1) is 31.2 Å². The van der Waals surface area contributed by atoms with E-state index in [0.717, 1.165) is 78.3 Å². The maximum atomic E-state index is 13.4. The molecule has 1 fully saturated rings. The van der Waals surface area contributed by atoms with E-state index in [0.29, 0.717) is 23.5 Å². The van der Waals surface area contributed by atoms with E-state index in [9.17, 15) is 14.9 Å². The molecule has 3 aromatic heterocycles. The van der Waals surface area contributed by atoms with Gasteiger partial charge in [-0.1, -0.05) is 18.2 Å². The van der Waals surface area contributed by atoms with Crippen LogP contribution in [0.15, 0.2) is 76.9 Å². The molecular formula is C40H41N7O4S. The van der Waals surface area contributed by atoms with Crippen molar-refractivity contribution in [3.63, 3.8) is 0 Å². The Balaban J connectivity index is 1.03. The topological polar surface area (TPSA) is 117 Å². The third-order valence-electron chi connectivity index (χ3n) is 10.3. The molecule has 1 atom stereocenters. The number of hydrogen-bond acceptors (Lipinski definition) is 10. The number of rotatable bonds is 9. The van der Waals surface area contributed by atoms with Crippen molar-refractivity contribution in [2.24, 2.45) is 7.05 Å². The Morgan fingerprint density at radius 1 is 1.02 bits per heavy atom. The smallest absolute Gasteiger partial charge is 0.265 e. The van der Waals surface area contributed by atoms with Gasteiger partial charge in [0.1, 0.15) is 28.1 Å². The Bertz CT molecular complexity index is 2230. The second-order valence-corrected chi connectivity index (χ2v) is 14.2. The Labute approximate surface area is 307 Å². The van der Waals surface area contributed by atoms with Crippen LogP contribution in [-0.4, -0.2) is 82.1 Å². The molecule has 0 spiro atoms. The van der Waals surface area contributed by atoms with Gasteiger partial charge in [0, 0.05) is 88.6 Å². The van der Waals surface area contributed by atoms with E-state index >= 15 is 0 Å². The summed E-state index contributed by atoms with van der Waals surface area (Å²) in [7, 11) is 5.11. The summed E-state index contributed by atoms with van der Waals surface area (Å²) in [5.74, 6) is 1.23. The molecule has 2 aliphatic heterocycles. The highest BCUT2D eigenvalue weighted by Gasteiger charge is 2.31. The standard InChI is InChI=1S/C40H41N7O4S/c1-26-30-7-5-6-27(31(30)9-12-47(26)39(48)29(21-41)20-38-43-11-17-52-38)23-45-13-15-46(16-14-45)25-35-36(50-3)18-28(19-37(35)51-4)34-24-44(2)40(49)33-22-42-10-8-32(33)34/h5-8,10-11,17-20,22,24,26H,9,12-16,23,25H2,1-4H3. The summed E-state index contributed by atoms with van der Waals surface area (Å²) in [6, 6.07) is 14.3. The summed E-state index contributed by atoms with van der Waals surface area (Å²) in [5, 5.41) is 13.6. The Morgan fingerprint density at radius 3 is 2.42 bits per heavy atom. The number of thiazole rings is 1. The number of piperazine rings is 1. The number of nitrogens with zero attached hydrogens (tertiary/aromatic N) is 7. The van der Waals surface area contributed by atoms with E-state index in [2.05, 4.69) is 44.0 Å². The Morgan fingerprint density at radius 2 is 1.75 bits per heavy atom. The Hall–Kier alpha value is -5.35. The number of aryl methyl sites for hydroxylation is 1. The number of aromatic nitrogens is 3. The van der Waals surface area contributed by atoms with Crippen molar-refractivity contribution < 1.29 is 14.3 Å². The molecule has 1 unspecified atom stereocenters. The van der Waals surface area contributed by atoms with E-state index < -0.39 is 0 Å². The largest absolute Gasteiger partial charge is 0.496 e. The molecule has 5 aromatic rings. The van der Waals surface area contributed by atoms with Crippen LogP contribution in [0.5, 0.6) is 11.5 Å². The van der Waals surface area contributed by atoms with E-state index in [-0.39, 0.29) is 23.1 Å². The number of pyridine rings is 2. The lowest BCUT2D eigenvalue weighted by Gasteiger charge is -2.38. The molecule has 7 rings (SSSR count). The van der Waals surface area contributed by atoms with Crippen molar-refractivity contribution in [3.05, 3.63) is 110 Å². The molecule has 1 saturated heterocycles. The predicted molar refractivity (Wildman–Crippen MR) is 202 cm³/mol. The number of methoxy groups -OCH3 is 2. The van der Waals surface area contributed by atoms with Crippen LogP contribution in [0, 0.1) is 11.3 Å². The summed E-state index contributed by atoms with van der Waals surface area (Å²) in [6.07, 6.45) is 9.17. The zero-order chi connectivity index (χ0) is 36.4. The van der Waals surface area contributed by atoms with Gasteiger partial charge in [-0.3, -0.25) is 24.4 Å². The van der Waals surface area contributed by atoms with Gasteiger partial charge in [-0.05, 0) is 65.3 Å². The van der Waals surface area contributed by atoms with Gasteiger partial charge in [0.25, 0.3) is 11.5 Å². The third kappa shape index (κ3) is 6.82. The lowest BCUT2D eigenvalue weighted by Crippen LogP contribution is -2.45. The fraction of sp³-hybridized carbons (Fsp3) is 0.325. The fourth-order valence-electron chi connectivity index (χ4n) is 7.50. The molecule has 52 heavy (non-hydrogen) atoms. The average Bonchev–Trinajstić information content (AvgIpc) is 3.69. The molecule has 11 nitrogen and oxygen atoms in total. The van der Waals surface area contributed by atoms with E-state index in [1.165, 1.54) is 22.5 Å². The van der Waals surface area contributed by atoms with Crippen LogP contribution in [0.4, 0.5) is 0 Å². The summed E-state index contributed by atoms with van der Waals surface area (Å²) in [5.41, 5.74) is 6.57. The molecule has 12 heteroatoms. The molecule has 0 aliphatic carbocycles. The lowest BCUT2D eigenvalue weighted by molar-refractivity contribution is -0.129. The van der Waals surface area contributed by atoms with Crippen molar-refractivity contribution in [2.45, 2.75) is 32.5 Å². The second-order valence-electron chi connectivity index (χ2n) is 13.2. The van der Waals surface area contributed by atoms with Crippen molar-refractivity contribution in [2.75, 3.05) is 46.9 Å². The summed E-state index contributed by atoms with van der Waals surface area (Å²) >= 11 is 1.40. The zero-order valence-electron chi connectivity index (χ0n) is 29.8. The van der Waals surface area contributed by atoms with Gasteiger partial charge in [0.2, 0.25) is 0 Å². The summed E-state index contributed by atoms with van der Waals surface area (Å²) < 4.78 is 13.5. The van der Waals surface area contributed by atoms with Crippen molar-refractivity contribution in [1.29, 1.82) is 5.26 Å². The van der Waals surface area contributed by atoms with Crippen molar-refractivity contribution in [1.82, 2.24) is 29.2 Å². The highest BCUT2D eigenvalue weighted by atomic mass is 32.1. The first-order valence-corrected chi connectivity index (χ1v) is 18.2. The zero-order valence-corrected chi connectivity index (χ0v) is 30.7. The first-order valence-electron chi connectivity index (χ1n) is 17.4. The predicted octanol–water partition coefficient (Wildman–Crippen LogP) is 5.44. The van der Waals surface area contributed by atoms with Crippen LogP contribution in [0.3, 0.4) is 0 Å². The lowest BCUT2D eigenvalue weighted by atomic mass is 9.89. The maximum Gasteiger partial charge on any atom is 0.265 e. The number of amides is 1. The summed E-state index contributed by atoms with van der Waals surface area (Å²) in [4.78, 5) is 41.3. The number of carbonyl (C=O) groups excluding carboxylic acids is 1. The van der Waals surface area contributed by atoms with Gasteiger partial charge in [-0.2, -0.15) is 5.26 Å². The SMILES string of the molecule is COc1cc(-c2cn(C)c(=O)c3cnccc23)cc(OC)c1CN1CCN(Cc2cccc3c2CCN(C(=O)C(C#N)=Cc2nccs2)C3C)CC1. The molecule has 0 saturated carbocycles. The minimum atomic E-state index is -0.252. The van der Waals surface area contributed by atoms with Gasteiger partial charge >= 0.3 is 0 Å². The molecule has 2 aliphatic rings. The highest BCUT2D eigenvalue weighted by Crippen LogP contribution is 2.38. The van der Waals surface area contributed by atoms with Crippen LogP contribution >= 0.6 is 11.3 Å². The minimum Gasteiger partial charge on any atom is -0.496 e. The van der Waals surface area contributed by atoms with Gasteiger partial charge < -0.3 is 18.9 Å². The third-order valence-corrected chi connectivity index (χ3v) is 11.0. The van der Waals surface area contributed by atoms with E-state index in [4.69, 9.17) is 9.47 Å². The minimum absolute atomic E-state index is 0.0896. The maximum absolute atomic E-state index is 13.4. The van der Waals surface area contributed by atoms with Gasteiger partial charge in [-0.25, -0.2) is 4.98 Å². The van der Waals surface area contributed by atoms with Crippen LogP contribution in [0.1, 0.15) is 40.2 Å². The first-order chi connectivity index (χ1) is 25.3. The monoisotopic (exact) mass is 715 g/mol. The van der Waals surface area contributed by atoms with Crippen LogP contribution in [-0.2, 0) is 31.4 Å². The molecule has 266 valence electrons. The molecule has 5 heterocycles. The molecular weight excluding hydrogens is 675 g/mol. The number of fused-ring (bicyclic) bond motifs is 2. The normalized spacial score (nSPS) is 16.8. The quantitative estimate of drug-likeness (QED) is 0.145. The molecule has 1 amide bonds. The number of benzene rings is 2. The second kappa shape index (κ2) is 15.1. The van der Waals surface area contributed by atoms with Crippen LogP contribution in [0.2, 0.25) is 0 Å². The number of ether oxygens (including phenoxy) is 2. The number of nitriles is 1. The van der Waals surface area contributed by atoms with Gasteiger partial charge in [0.15, 0.2) is 0 Å². The van der Waals surface area contributed by atoms with Crippen molar-refractivity contribution in [3.8, 4) is 28.7 Å². The fourth-order valence-corrected chi connectivity index (χ4v) is 8.07. The average molecular weight is 716 g/mol. The first kappa shape index (κ1) is 35.1. The number of carbonyl (C=O) groups is 1. The summed E-state index contributed by atoms with van der Waals surface area (Å²) in [6.45, 7) is 7.75. The van der Waals surface area contributed by atoms with E-state index in [1.807, 2.05) is 41.6 Å². The molecule has 2 aromatic carbocycles. The van der Waals surface area contributed by atoms with Crippen molar-refractivity contribution >= 4 is 34.1 Å². The van der Waals surface area contributed by atoms with E-state index in [1.54, 1.807) is 50.5 Å². The van der Waals surface area contributed by atoms with Crippen LogP contribution < -0.4 is 15.0 Å². The Kier molecular flexibility index (Phi) is 10.2. The number of hydrogen-bond donors (Lipinski definition) is 0. The molecule has 0 radical (unpaired) electrons. The van der Waals surface area contributed by atoms with Crippen LogP contribution in [0.25, 0.3) is 28.0 Å². The molecule has 0 N–H and O–H groups in total. The van der Waals surface area contributed by atoms with Gasteiger partial charge in [-0.15, -0.1) is 11.3 Å². The molecule has 0 bridgehead atoms.